The second kappa shape index (κ2) is 5.72. The fraction of sp³-hybridized carbons (Fsp3) is 0.889. The lowest BCUT2D eigenvalue weighted by Gasteiger charge is -2.19. The lowest BCUT2D eigenvalue weighted by atomic mass is 10.1. The van der Waals surface area contributed by atoms with Crippen molar-refractivity contribution in [2.24, 2.45) is 11.7 Å². The number of nitrogens with one attached hydrogen (secondary N) is 1. The third-order valence-corrected chi connectivity index (χ3v) is 2.41. The number of rotatable bonds is 4. The number of alkyl halides is 3. The summed E-state index contributed by atoms with van der Waals surface area (Å²) in [5.41, 5.74) is 4.75. The van der Waals surface area contributed by atoms with Crippen molar-refractivity contribution in [3.8, 4) is 0 Å². The van der Waals surface area contributed by atoms with Crippen LogP contribution in [0, 0.1) is 5.92 Å². The maximum Gasteiger partial charge on any atom is 0.412 e. The monoisotopic (exact) mass is 260 g/mol. The molecule has 2 unspecified atom stereocenters. The van der Waals surface area contributed by atoms with Crippen LogP contribution in [0.25, 0.3) is 0 Å². The first kappa shape index (κ1) is 15.5. The van der Waals surface area contributed by atoms with E-state index < -0.39 is 18.1 Å². The van der Waals surface area contributed by atoms with E-state index in [9.17, 15) is 18.0 Å². The minimum atomic E-state index is -4.66. The second-order valence-corrected chi connectivity index (χ2v) is 4.11. The van der Waals surface area contributed by atoms with Gasteiger partial charge in [0.2, 0.25) is 5.91 Å². The molecule has 0 saturated heterocycles. The van der Waals surface area contributed by atoms with Crippen molar-refractivity contribution < 1.29 is 18.0 Å². The molecule has 1 amide bonds. The largest absolute Gasteiger partial charge is 0.412 e. The van der Waals surface area contributed by atoms with Gasteiger partial charge in [-0.25, -0.2) is 0 Å². The molecule has 0 spiro atoms. The maximum absolute atomic E-state index is 12.0. The molecule has 0 heterocycles. The van der Waals surface area contributed by atoms with E-state index in [-0.39, 0.29) is 18.4 Å². The Morgan fingerprint density at radius 2 is 2.00 bits per heavy atom. The molecule has 3 N–H and O–H groups in total. The van der Waals surface area contributed by atoms with E-state index in [1.54, 1.807) is 6.92 Å². The Morgan fingerprint density at radius 1 is 1.50 bits per heavy atom. The molecule has 96 valence electrons. The summed E-state index contributed by atoms with van der Waals surface area (Å²) in [4.78, 5) is 11.0. The van der Waals surface area contributed by atoms with Crippen molar-refractivity contribution in [2.45, 2.75) is 44.4 Å². The Morgan fingerprint density at radius 3 is 2.38 bits per heavy atom. The van der Waals surface area contributed by atoms with Crippen LogP contribution in [-0.2, 0) is 4.79 Å². The van der Waals surface area contributed by atoms with Crippen LogP contribution in [0.5, 0.6) is 0 Å². The summed E-state index contributed by atoms with van der Waals surface area (Å²) < 4.78 is 36.1. The normalized spacial score (nSPS) is 19.6. The van der Waals surface area contributed by atoms with Crippen molar-refractivity contribution >= 4 is 18.3 Å². The van der Waals surface area contributed by atoms with Gasteiger partial charge >= 0.3 is 6.18 Å². The molecule has 0 aromatic carbocycles. The standard InChI is InChI=1S/C9H15F3N2O.ClH/c1-5(4-6-2-3-6)14-8(15)7(13)9(10,11)12;/h5-7H,2-4,13H2,1H3,(H,14,15);1H. The predicted molar refractivity (Wildman–Crippen MR) is 56.2 cm³/mol. The summed E-state index contributed by atoms with van der Waals surface area (Å²) in [5.74, 6) is -0.585. The number of hydrogen-bond donors (Lipinski definition) is 2. The Bertz CT molecular complexity index is 243. The van der Waals surface area contributed by atoms with Gasteiger partial charge < -0.3 is 11.1 Å². The summed E-state index contributed by atoms with van der Waals surface area (Å²) in [6, 6.07) is -2.66. The minimum absolute atomic E-state index is 0. The van der Waals surface area contributed by atoms with Gasteiger partial charge in [-0.05, 0) is 19.3 Å². The zero-order chi connectivity index (χ0) is 11.6. The number of amides is 1. The highest BCUT2D eigenvalue weighted by Crippen LogP contribution is 2.33. The van der Waals surface area contributed by atoms with Crippen molar-refractivity contribution in [2.75, 3.05) is 0 Å². The van der Waals surface area contributed by atoms with Crippen LogP contribution >= 0.6 is 12.4 Å². The van der Waals surface area contributed by atoms with Crippen LogP contribution < -0.4 is 11.1 Å². The van der Waals surface area contributed by atoms with E-state index in [1.807, 2.05) is 0 Å². The summed E-state index contributed by atoms with van der Waals surface area (Å²) >= 11 is 0. The zero-order valence-corrected chi connectivity index (χ0v) is 9.70. The van der Waals surface area contributed by atoms with Crippen LogP contribution in [0.4, 0.5) is 13.2 Å². The summed E-state index contributed by atoms with van der Waals surface area (Å²) in [6.07, 6.45) is -1.73. The predicted octanol–water partition coefficient (Wildman–Crippen LogP) is 1.60. The van der Waals surface area contributed by atoms with Gasteiger partial charge in [0.25, 0.3) is 0 Å². The first-order chi connectivity index (χ1) is 6.80. The summed E-state index contributed by atoms with van der Waals surface area (Å²) in [5, 5.41) is 2.27. The van der Waals surface area contributed by atoms with Gasteiger partial charge in [-0.15, -0.1) is 12.4 Å². The molecule has 7 heteroatoms. The van der Waals surface area contributed by atoms with Crippen LogP contribution in [-0.4, -0.2) is 24.2 Å². The molecule has 0 aliphatic heterocycles. The number of hydrogen-bond acceptors (Lipinski definition) is 2. The van der Waals surface area contributed by atoms with Crippen molar-refractivity contribution in [1.82, 2.24) is 5.32 Å². The van der Waals surface area contributed by atoms with E-state index in [0.717, 1.165) is 19.3 Å². The van der Waals surface area contributed by atoms with E-state index >= 15 is 0 Å². The number of carbonyl (C=O) groups excluding carboxylic acids is 1. The third-order valence-electron chi connectivity index (χ3n) is 2.41. The maximum atomic E-state index is 12.0. The lowest BCUT2D eigenvalue weighted by Crippen LogP contribution is -2.52. The highest BCUT2D eigenvalue weighted by Gasteiger charge is 2.42. The Labute approximate surface area is 98.4 Å². The summed E-state index contributed by atoms with van der Waals surface area (Å²) in [6.45, 7) is 1.69. The smallest absolute Gasteiger partial charge is 0.352 e. The third kappa shape index (κ3) is 5.03. The second-order valence-electron chi connectivity index (χ2n) is 4.11. The molecule has 3 nitrogen and oxygen atoms in total. The molecular formula is C9H16ClF3N2O. The average Bonchev–Trinajstić information content (AvgIpc) is 2.84. The lowest BCUT2D eigenvalue weighted by molar-refractivity contribution is -0.163. The fourth-order valence-corrected chi connectivity index (χ4v) is 1.39. The van der Waals surface area contributed by atoms with Crippen molar-refractivity contribution in [3.05, 3.63) is 0 Å². The highest BCUT2D eigenvalue weighted by molar-refractivity contribution is 5.85. The SMILES string of the molecule is CC(CC1CC1)NC(=O)C(N)C(F)(F)F.Cl. The highest BCUT2D eigenvalue weighted by atomic mass is 35.5. The van der Waals surface area contributed by atoms with Crippen LogP contribution in [0.3, 0.4) is 0 Å². The molecule has 1 rings (SSSR count). The van der Waals surface area contributed by atoms with Gasteiger partial charge in [-0.3, -0.25) is 4.79 Å². The van der Waals surface area contributed by atoms with Gasteiger partial charge in [0, 0.05) is 6.04 Å². The van der Waals surface area contributed by atoms with Crippen LogP contribution in [0.1, 0.15) is 26.2 Å². The number of carbonyl (C=O) groups is 1. The van der Waals surface area contributed by atoms with Crippen LogP contribution in [0.2, 0.25) is 0 Å². The molecule has 0 bridgehead atoms. The van der Waals surface area contributed by atoms with Gasteiger partial charge in [0.15, 0.2) is 6.04 Å². The molecular weight excluding hydrogens is 245 g/mol. The van der Waals surface area contributed by atoms with Crippen molar-refractivity contribution in [1.29, 1.82) is 0 Å². The molecule has 1 fully saturated rings. The topological polar surface area (TPSA) is 55.1 Å². The molecule has 0 aromatic heterocycles. The van der Waals surface area contributed by atoms with Crippen molar-refractivity contribution in [3.63, 3.8) is 0 Å². The first-order valence-corrected chi connectivity index (χ1v) is 4.93. The zero-order valence-electron chi connectivity index (χ0n) is 8.88. The molecule has 1 aliphatic carbocycles. The summed E-state index contributed by atoms with van der Waals surface area (Å²) in [7, 11) is 0. The van der Waals surface area contributed by atoms with Gasteiger partial charge in [0.1, 0.15) is 0 Å². The molecule has 1 saturated carbocycles. The average molecular weight is 261 g/mol. The molecule has 16 heavy (non-hydrogen) atoms. The Balaban J connectivity index is 0.00000225. The van der Waals surface area contributed by atoms with Gasteiger partial charge in [0.05, 0.1) is 0 Å². The molecule has 0 aromatic rings. The quantitative estimate of drug-likeness (QED) is 0.807. The fourth-order valence-electron chi connectivity index (χ4n) is 1.39. The van der Waals surface area contributed by atoms with E-state index in [4.69, 9.17) is 5.73 Å². The first-order valence-electron chi connectivity index (χ1n) is 4.93. The molecule has 0 radical (unpaired) electrons. The molecule has 1 aliphatic rings. The van der Waals surface area contributed by atoms with E-state index in [0.29, 0.717) is 5.92 Å². The minimum Gasteiger partial charge on any atom is -0.352 e. The number of halogens is 4. The van der Waals surface area contributed by atoms with E-state index in [2.05, 4.69) is 5.32 Å². The van der Waals surface area contributed by atoms with Gasteiger partial charge in [-0.2, -0.15) is 13.2 Å². The molecule has 2 atom stereocenters. The van der Waals surface area contributed by atoms with Crippen LogP contribution in [0.15, 0.2) is 0 Å². The Kier molecular flexibility index (Phi) is 5.55. The number of nitrogens with two attached hydrogens (primary N) is 1. The van der Waals surface area contributed by atoms with Gasteiger partial charge in [-0.1, -0.05) is 12.8 Å². The van der Waals surface area contributed by atoms with E-state index in [1.165, 1.54) is 0 Å². The Hall–Kier alpha value is -0.490.